The van der Waals surface area contributed by atoms with E-state index in [9.17, 15) is 9.59 Å². The quantitative estimate of drug-likeness (QED) is 0.643. The van der Waals surface area contributed by atoms with Gasteiger partial charge in [0.2, 0.25) is 5.91 Å². The van der Waals surface area contributed by atoms with Crippen molar-refractivity contribution in [1.29, 1.82) is 0 Å². The summed E-state index contributed by atoms with van der Waals surface area (Å²) >= 11 is 6.15. The number of benzene rings is 1. The molecular formula is C12H10N2O2S2. The van der Waals surface area contributed by atoms with Gasteiger partial charge in [-0.25, -0.2) is 0 Å². The van der Waals surface area contributed by atoms with Crippen LogP contribution in [0.1, 0.15) is 12.5 Å². The van der Waals surface area contributed by atoms with E-state index in [0.717, 1.165) is 11.3 Å². The molecule has 1 aliphatic heterocycles. The number of carbonyl (C=O) groups excluding carboxylic acids is 2. The molecule has 0 aliphatic carbocycles. The predicted molar refractivity (Wildman–Crippen MR) is 77.1 cm³/mol. The molecule has 1 aromatic rings. The molecule has 0 bridgehead atoms. The van der Waals surface area contributed by atoms with Crippen molar-refractivity contribution in [3.05, 3.63) is 34.7 Å². The molecule has 1 fully saturated rings. The SMILES string of the molecule is CC(=O)Nc1ccc(/C=C2/SC(=S)NC2=O)cc1. The molecule has 0 radical (unpaired) electrons. The van der Waals surface area contributed by atoms with Crippen molar-refractivity contribution in [3.8, 4) is 0 Å². The summed E-state index contributed by atoms with van der Waals surface area (Å²) in [6, 6.07) is 7.22. The molecule has 1 saturated heterocycles. The fraction of sp³-hybridized carbons (Fsp3) is 0.0833. The molecule has 1 aliphatic rings. The first-order chi connectivity index (χ1) is 8.54. The Morgan fingerprint density at radius 2 is 2.06 bits per heavy atom. The number of rotatable bonds is 2. The maximum Gasteiger partial charge on any atom is 0.263 e. The lowest BCUT2D eigenvalue weighted by Crippen LogP contribution is -2.17. The highest BCUT2D eigenvalue weighted by Gasteiger charge is 2.21. The van der Waals surface area contributed by atoms with Crippen molar-refractivity contribution in [2.24, 2.45) is 0 Å². The Labute approximate surface area is 114 Å². The molecule has 92 valence electrons. The zero-order valence-corrected chi connectivity index (χ0v) is 11.2. The standard InChI is InChI=1S/C12H10N2O2S2/c1-7(15)13-9-4-2-8(3-5-9)6-10-11(16)14-12(17)18-10/h2-6H,1H3,(H,13,15)(H,14,16,17)/b10-6+. The fourth-order valence-electron chi connectivity index (χ4n) is 1.44. The van der Waals surface area contributed by atoms with Gasteiger partial charge in [0, 0.05) is 12.6 Å². The third-order valence-corrected chi connectivity index (χ3v) is 3.33. The largest absolute Gasteiger partial charge is 0.326 e. The van der Waals surface area contributed by atoms with Gasteiger partial charge in [-0.2, -0.15) is 0 Å². The molecule has 1 heterocycles. The minimum atomic E-state index is -0.170. The average molecular weight is 278 g/mol. The Morgan fingerprint density at radius 1 is 1.39 bits per heavy atom. The lowest BCUT2D eigenvalue weighted by atomic mass is 10.2. The van der Waals surface area contributed by atoms with Crippen LogP contribution in [-0.2, 0) is 9.59 Å². The maximum absolute atomic E-state index is 11.5. The number of nitrogens with one attached hydrogen (secondary N) is 2. The van der Waals surface area contributed by atoms with Gasteiger partial charge in [0.15, 0.2) is 0 Å². The van der Waals surface area contributed by atoms with Crippen LogP contribution < -0.4 is 10.6 Å². The van der Waals surface area contributed by atoms with Gasteiger partial charge in [0.25, 0.3) is 5.91 Å². The molecule has 1 aromatic carbocycles. The van der Waals surface area contributed by atoms with Crippen LogP contribution in [0.4, 0.5) is 5.69 Å². The molecule has 6 heteroatoms. The summed E-state index contributed by atoms with van der Waals surface area (Å²) in [4.78, 5) is 22.9. The minimum absolute atomic E-state index is 0.114. The van der Waals surface area contributed by atoms with Gasteiger partial charge in [-0.3, -0.25) is 9.59 Å². The predicted octanol–water partition coefficient (Wildman–Crippen LogP) is 2.13. The van der Waals surface area contributed by atoms with Crippen LogP contribution in [0.2, 0.25) is 0 Å². The Bertz CT molecular complexity index is 550. The van der Waals surface area contributed by atoms with Crippen LogP contribution in [0.3, 0.4) is 0 Å². The van der Waals surface area contributed by atoms with E-state index in [4.69, 9.17) is 12.2 Å². The molecule has 0 spiro atoms. The highest BCUT2D eigenvalue weighted by atomic mass is 32.2. The molecule has 4 nitrogen and oxygen atoms in total. The number of carbonyl (C=O) groups is 2. The summed E-state index contributed by atoms with van der Waals surface area (Å²) in [5.41, 5.74) is 1.61. The second-order valence-electron chi connectivity index (χ2n) is 3.66. The van der Waals surface area contributed by atoms with E-state index < -0.39 is 0 Å². The summed E-state index contributed by atoms with van der Waals surface area (Å²) in [5, 5.41) is 5.23. The molecule has 0 saturated carbocycles. The van der Waals surface area contributed by atoms with Crippen LogP contribution in [-0.4, -0.2) is 16.1 Å². The van der Waals surface area contributed by atoms with Crippen molar-refractivity contribution >= 4 is 51.9 Å². The molecule has 2 N–H and O–H groups in total. The number of amides is 2. The maximum atomic E-state index is 11.5. The van der Waals surface area contributed by atoms with E-state index in [-0.39, 0.29) is 11.8 Å². The number of anilines is 1. The van der Waals surface area contributed by atoms with Crippen LogP contribution in [0, 0.1) is 0 Å². The van der Waals surface area contributed by atoms with E-state index in [2.05, 4.69) is 10.6 Å². The summed E-state index contributed by atoms with van der Waals surface area (Å²) in [7, 11) is 0. The van der Waals surface area contributed by atoms with Crippen molar-refractivity contribution in [1.82, 2.24) is 5.32 Å². The highest BCUT2D eigenvalue weighted by Crippen LogP contribution is 2.26. The third kappa shape index (κ3) is 3.18. The smallest absolute Gasteiger partial charge is 0.263 e. The van der Waals surface area contributed by atoms with Crippen molar-refractivity contribution in [2.75, 3.05) is 5.32 Å². The third-order valence-electron chi connectivity index (χ3n) is 2.17. The zero-order valence-electron chi connectivity index (χ0n) is 9.52. The molecule has 0 unspecified atom stereocenters. The van der Waals surface area contributed by atoms with Gasteiger partial charge in [0.05, 0.1) is 4.91 Å². The number of thioether (sulfide) groups is 1. The molecule has 2 rings (SSSR count). The highest BCUT2D eigenvalue weighted by molar-refractivity contribution is 8.26. The van der Waals surface area contributed by atoms with Crippen LogP contribution in [0.15, 0.2) is 29.2 Å². The number of hydrogen-bond acceptors (Lipinski definition) is 4. The first-order valence-electron chi connectivity index (χ1n) is 5.17. The molecular weight excluding hydrogens is 268 g/mol. The second-order valence-corrected chi connectivity index (χ2v) is 5.37. The Kier molecular flexibility index (Phi) is 3.78. The van der Waals surface area contributed by atoms with E-state index in [1.807, 2.05) is 12.1 Å². The van der Waals surface area contributed by atoms with E-state index in [1.165, 1.54) is 18.7 Å². The number of hydrogen-bond donors (Lipinski definition) is 2. The summed E-state index contributed by atoms with van der Waals surface area (Å²) < 4.78 is 0.473. The van der Waals surface area contributed by atoms with Gasteiger partial charge in [-0.05, 0) is 23.8 Å². The van der Waals surface area contributed by atoms with Gasteiger partial charge in [-0.1, -0.05) is 36.1 Å². The molecule has 0 atom stereocenters. The molecule has 2 amide bonds. The molecule has 0 aromatic heterocycles. The van der Waals surface area contributed by atoms with E-state index in [1.54, 1.807) is 18.2 Å². The fourth-order valence-corrected chi connectivity index (χ4v) is 2.48. The van der Waals surface area contributed by atoms with E-state index in [0.29, 0.717) is 9.23 Å². The van der Waals surface area contributed by atoms with Crippen molar-refractivity contribution in [2.45, 2.75) is 6.92 Å². The van der Waals surface area contributed by atoms with Gasteiger partial charge in [-0.15, -0.1) is 0 Å². The van der Waals surface area contributed by atoms with Gasteiger partial charge in [0.1, 0.15) is 4.32 Å². The molecule has 18 heavy (non-hydrogen) atoms. The Balaban J connectivity index is 2.15. The average Bonchev–Trinajstić information content (AvgIpc) is 2.59. The van der Waals surface area contributed by atoms with Crippen LogP contribution >= 0.6 is 24.0 Å². The Hall–Kier alpha value is -1.66. The lowest BCUT2D eigenvalue weighted by Gasteiger charge is -2.02. The second kappa shape index (κ2) is 5.32. The van der Waals surface area contributed by atoms with Gasteiger partial charge >= 0.3 is 0 Å². The first kappa shape index (κ1) is 12.8. The van der Waals surface area contributed by atoms with Crippen molar-refractivity contribution < 1.29 is 9.59 Å². The monoisotopic (exact) mass is 278 g/mol. The van der Waals surface area contributed by atoms with Crippen molar-refractivity contribution in [3.63, 3.8) is 0 Å². The van der Waals surface area contributed by atoms with Crippen LogP contribution in [0.5, 0.6) is 0 Å². The topological polar surface area (TPSA) is 58.2 Å². The summed E-state index contributed by atoms with van der Waals surface area (Å²) in [5.74, 6) is -0.284. The minimum Gasteiger partial charge on any atom is -0.326 e. The van der Waals surface area contributed by atoms with Crippen LogP contribution in [0.25, 0.3) is 6.08 Å². The summed E-state index contributed by atoms with van der Waals surface area (Å²) in [6.45, 7) is 1.45. The zero-order chi connectivity index (χ0) is 13.1. The lowest BCUT2D eigenvalue weighted by molar-refractivity contribution is -0.115. The summed E-state index contributed by atoms with van der Waals surface area (Å²) in [6.07, 6.45) is 1.76. The van der Waals surface area contributed by atoms with Gasteiger partial charge < -0.3 is 10.6 Å². The first-order valence-corrected chi connectivity index (χ1v) is 6.39. The number of thiocarbonyl (C=S) groups is 1. The normalized spacial score (nSPS) is 16.8. The Morgan fingerprint density at radius 3 is 2.56 bits per heavy atom. The van der Waals surface area contributed by atoms with E-state index >= 15 is 0 Å².